The fourth-order valence-corrected chi connectivity index (χ4v) is 2.76. The Bertz CT molecular complexity index is 797. The van der Waals surface area contributed by atoms with E-state index in [2.05, 4.69) is 16.7 Å². The van der Waals surface area contributed by atoms with E-state index in [9.17, 15) is 0 Å². The van der Waals surface area contributed by atoms with E-state index in [-0.39, 0.29) is 0 Å². The monoisotopic (exact) mass is 311 g/mol. The van der Waals surface area contributed by atoms with Crippen LogP contribution in [0.25, 0.3) is 11.0 Å². The van der Waals surface area contributed by atoms with Crippen LogP contribution < -0.4 is 15.2 Å². The summed E-state index contributed by atoms with van der Waals surface area (Å²) in [5.74, 6) is 2.36. The van der Waals surface area contributed by atoms with Gasteiger partial charge in [0.05, 0.1) is 25.3 Å². The molecule has 3 rings (SSSR count). The summed E-state index contributed by atoms with van der Waals surface area (Å²) in [6.07, 6.45) is 0.728. The highest BCUT2D eigenvalue weighted by Gasteiger charge is 2.15. The average molecular weight is 311 g/mol. The first kappa shape index (κ1) is 15.4. The van der Waals surface area contributed by atoms with Crippen molar-refractivity contribution >= 4 is 11.0 Å². The number of nitrogens with two attached hydrogens (primary N) is 1. The van der Waals surface area contributed by atoms with Gasteiger partial charge in [0, 0.05) is 25.1 Å². The minimum Gasteiger partial charge on any atom is -0.493 e. The predicted molar refractivity (Wildman–Crippen MR) is 91.1 cm³/mol. The molecule has 5 heteroatoms. The molecule has 0 saturated carbocycles. The number of hydrogen-bond acceptors (Lipinski definition) is 4. The Morgan fingerprint density at radius 1 is 1.04 bits per heavy atom. The molecule has 0 spiro atoms. The smallest absolute Gasteiger partial charge is 0.163 e. The van der Waals surface area contributed by atoms with Gasteiger partial charge in [-0.2, -0.15) is 0 Å². The quantitative estimate of drug-likeness (QED) is 0.760. The topological polar surface area (TPSA) is 62.3 Å². The number of benzene rings is 2. The Morgan fingerprint density at radius 2 is 1.74 bits per heavy atom. The summed E-state index contributed by atoms with van der Waals surface area (Å²) in [5, 5.41) is 0. The second-order valence-corrected chi connectivity index (χ2v) is 5.33. The third kappa shape index (κ3) is 3.00. The molecule has 0 bridgehead atoms. The van der Waals surface area contributed by atoms with E-state index < -0.39 is 0 Å². The fourth-order valence-electron chi connectivity index (χ4n) is 2.76. The van der Waals surface area contributed by atoms with Gasteiger partial charge < -0.3 is 19.8 Å². The largest absolute Gasteiger partial charge is 0.493 e. The van der Waals surface area contributed by atoms with Crippen molar-refractivity contribution in [1.82, 2.24) is 9.55 Å². The van der Waals surface area contributed by atoms with Crippen molar-refractivity contribution in [1.29, 1.82) is 0 Å². The van der Waals surface area contributed by atoms with Gasteiger partial charge in [-0.05, 0) is 12.1 Å². The van der Waals surface area contributed by atoms with Crippen LogP contribution in [-0.4, -0.2) is 30.3 Å². The van der Waals surface area contributed by atoms with Gasteiger partial charge in [-0.1, -0.05) is 30.3 Å². The number of fused-ring (bicyclic) bond motifs is 1. The summed E-state index contributed by atoms with van der Waals surface area (Å²) >= 11 is 0. The first-order valence-corrected chi connectivity index (χ1v) is 7.62. The third-order valence-electron chi connectivity index (χ3n) is 3.88. The Balaban J connectivity index is 2.14. The molecule has 0 saturated heterocycles. The van der Waals surface area contributed by atoms with Crippen LogP contribution in [0.1, 0.15) is 11.4 Å². The lowest BCUT2D eigenvalue weighted by molar-refractivity contribution is 0.355. The number of imidazole rings is 1. The minimum absolute atomic E-state index is 0.562. The lowest BCUT2D eigenvalue weighted by Crippen LogP contribution is -2.10. The van der Waals surface area contributed by atoms with E-state index in [4.69, 9.17) is 20.2 Å². The molecule has 1 aromatic heterocycles. The molecule has 1 heterocycles. The SMILES string of the molecule is COc1cc2nc(CCN)n(Cc3ccccc3)c2cc1OC. The minimum atomic E-state index is 0.562. The maximum Gasteiger partial charge on any atom is 0.163 e. The maximum absolute atomic E-state index is 5.75. The zero-order chi connectivity index (χ0) is 16.2. The van der Waals surface area contributed by atoms with Gasteiger partial charge in [0.1, 0.15) is 5.82 Å². The standard InChI is InChI=1S/C18H21N3O2/c1-22-16-10-14-15(11-17(16)23-2)21(18(20-14)8-9-19)12-13-6-4-3-5-7-13/h3-7,10-11H,8-9,12,19H2,1-2H3. The number of rotatable bonds is 6. The maximum atomic E-state index is 5.75. The van der Waals surface area contributed by atoms with Crippen molar-refractivity contribution in [3.05, 3.63) is 53.9 Å². The number of ether oxygens (including phenoxy) is 2. The molecule has 3 aromatic rings. The van der Waals surface area contributed by atoms with Crippen molar-refractivity contribution < 1.29 is 9.47 Å². The Morgan fingerprint density at radius 3 is 2.39 bits per heavy atom. The number of nitrogens with zero attached hydrogens (tertiary/aromatic N) is 2. The summed E-state index contributed by atoms with van der Waals surface area (Å²) in [5.41, 5.74) is 8.89. The highest BCUT2D eigenvalue weighted by molar-refractivity contribution is 5.80. The van der Waals surface area contributed by atoms with Gasteiger partial charge in [0.2, 0.25) is 0 Å². The molecule has 0 unspecified atom stereocenters. The highest BCUT2D eigenvalue weighted by atomic mass is 16.5. The van der Waals surface area contributed by atoms with Crippen LogP contribution in [0.4, 0.5) is 0 Å². The van der Waals surface area contributed by atoms with Crippen LogP contribution >= 0.6 is 0 Å². The fraction of sp³-hybridized carbons (Fsp3) is 0.278. The summed E-state index contributed by atoms with van der Waals surface area (Å²) < 4.78 is 13.0. The summed E-state index contributed by atoms with van der Waals surface area (Å²) in [6.45, 7) is 1.31. The van der Waals surface area contributed by atoms with Crippen LogP contribution in [0.2, 0.25) is 0 Å². The van der Waals surface area contributed by atoms with E-state index in [0.717, 1.165) is 29.8 Å². The number of aromatic nitrogens is 2. The average Bonchev–Trinajstić information content (AvgIpc) is 2.91. The first-order valence-electron chi connectivity index (χ1n) is 7.62. The zero-order valence-corrected chi connectivity index (χ0v) is 13.5. The third-order valence-corrected chi connectivity index (χ3v) is 3.88. The molecule has 0 aliphatic carbocycles. The van der Waals surface area contributed by atoms with Crippen molar-refractivity contribution in [2.75, 3.05) is 20.8 Å². The van der Waals surface area contributed by atoms with Crippen molar-refractivity contribution in [2.45, 2.75) is 13.0 Å². The van der Waals surface area contributed by atoms with Crippen LogP contribution in [0.15, 0.2) is 42.5 Å². The molecule has 2 N–H and O–H groups in total. The summed E-state index contributed by atoms with van der Waals surface area (Å²) in [6, 6.07) is 14.2. The molecule has 120 valence electrons. The van der Waals surface area contributed by atoms with E-state index in [0.29, 0.717) is 18.0 Å². The molecule has 0 atom stereocenters. The van der Waals surface area contributed by atoms with Gasteiger partial charge >= 0.3 is 0 Å². The predicted octanol–water partition coefficient (Wildman–Crippen LogP) is 2.60. The summed E-state index contributed by atoms with van der Waals surface area (Å²) in [4.78, 5) is 4.73. The van der Waals surface area contributed by atoms with E-state index in [1.807, 2.05) is 30.3 Å². The molecular weight excluding hydrogens is 290 g/mol. The van der Waals surface area contributed by atoms with Gasteiger partial charge in [-0.25, -0.2) is 4.98 Å². The molecule has 23 heavy (non-hydrogen) atoms. The van der Waals surface area contributed by atoms with Crippen LogP contribution in [-0.2, 0) is 13.0 Å². The van der Waals surface area contributed by atoms with Crippen molar-refractivity contribution in [3.63, 3.8) is 0 Å². The van der Waals surface area contributed by atoms with Gasteiger partial charge in [-0.15, -0.1) is 0 Å². The molecule has 5 nitrogen and oxygen atoms in total. The highest BCUT2D eigenvalue weighted by Crippen LogP contribution is 2.32. The van der Waals surface area contributed by atoms with Gasteiger partial charge in [0.25, 0.3) is 0 Å². The lowest BCUT2D eigenvalue weighted by Gasteiger charge is -2.11. The Labute approximate surface area is 135 Å². The van der Waals surface area contributed by atoms with E-state index in [1.165, 1.54) is 5.56 Å². The van der Waals surface area contributed by atoms with E-state index in [1.54, 1.807) is 14.2 Å². The zero-order valence-electron chi connectivity index (χ0n) is 13.5. The van der Waals surface area contributed by atoms with Gasteiger partial charge in [0.15, 0.2) is 11.5 Å². The van der Waals surface area contributed by atoms with Crippen molar-refractivity contribution in [3.8, 4) is 11.5 Å². The Hall–Kier alpha value is -2.53. The number of hydrogen-bond donors (Lipinski definition) is 1. The molecule has 0 radical (unpaired) electrons. The van der Waals surface area contributed by atoms with Crippen molar-refractivity contribution in [2.24, 2.45) is 5.73 Å². The summed E-state index contributed by atoms with van der Waals surface area (Å²) in [7, 11) is 3.27. The normalized spacial score (nSPS) is 10.9. The van der Waals surface area contributed by atoms with Gasteiger partial charge in [-0.3, -0.25) is 0 Å². The molecular formula is C18H21N3O2. The molecule has 0 fully saturated rings. The lowest BCUT2D eigenvalue weighted by atomic mass is 10.2. The molecule has 0 amide bonds. The van der Waals surface area contributed by atoms with Crippen LogP contribution in [0, 0.1) is 0 Å². The Kier molecular flexibility index (Phi) is 4.48. The second-order valence-electron chi connectivity index (χ2n) is 5.33. The number of methoxy groups -OCH3 is 2. The first-order chi connectivity index (χ1) is 11.3. The molecule has 2 aromatic carbocycles. The van der Waals surface area contributed by atoms with E-state index >= 15 is 0 Å². The second kappa shape index (κ2) is 6.71. The molecule has 0 aliphatic rings. The molecule has 0 aliphatic heterocycles. The van der Waals surface area contributed by atoms with Crippen LogP contribution in [0.5, 0.6) is 11.5 Å². The van der Waals surface area contributed by atoms with Crippen LogP contribution in [0.3, 0.4) is 0 Å².